The summed E-state index contributed by atoms with van der Waals surface area (Å²) in [7, 11) is 0. The number of thioether (sulfide) groups is 1. The van der Waals surface area contributed by atoms with Crippen molar-refractivity contribution in [2.75, 3.05) is 18.6 Å². The van der Waals surface area contributed by atoms with Gasteiger partial charge in [0.25, 0.3) is 5.91 Å². The first-order valence-corrected chi connectivity index (χ1v) is 18.6. The first-order valence-electron chi connectivity index (χ1n) is 17.2. The van der Waals surface area contributed by atoms with Crippen molar-refractivity contribution in [3.8, 4) is 11.5 Å². The number of benzene rings is 3. The SMILES string of the molecule is CSCC[C@H](NC(=O)[C@H](Cc1ccccc1)N(C(=O)CCCCN)C(=O)[C@H](Cc1ccc(O)cc1)NC(=O)OC(C)(C)C)C(=O)Oc1ccccc1. The Kier molecular flexibility index (Phi) is 16.6. The minimum atomic E-state index is -1.43. The fourth-order valence-electron chi connectivity index (χ4n) is 5.24. The molecule has 3 atom stereocenters. The lowest BCUT2D eigenvalue weighted by Crippen LogP contribution is -2.60. The second-order valence-electron chi connectivity index (χ2n) is 13.2. The van der Waals surface area contributed by atoms with Gasteiger partial charge in [0.05, 0.1) is 0 Å². The van der Waals surface area contributed by atoms with E-state index in [1.807, 2.05) is 6.26 Å². The van der Waals surface area contributed by atoms with E-state index >= 15 is 0 Å². The number of hydrogen-bond acceptors (Lipinski definition) is 10. The van der Waals surface area contributed by atoms with E-state index in [1.165, 1.54) is 23.9 Å². The Morgan fingerprint density at radius 2 is 1.44 bits per heavy atom. The average molecular weight is 735 g/mol. The molecule has 280 valence electrons. The van der Waals surface area contributed by atoms with Crippen LogP contribution in [0.25, 0.3) is 0 Å². The number of ether oxygens (including phenoxy) is 2. The number of aromatic hydroxyl groups is 1. The molecule has 0 heterocycles. The van der Waals surface area contributed by atoms with Crippen LogP contribution >= 0.6 is 11.8 Å². The van der Waals surface area contributed by atoms with E-state index in [9.17, 15) is 29.1 Å². The maximum absolute atomic E-state index is 14.7. The van der Waals surface area contributed by atoms with Gasteiger partial charge in [-0.1, -0.05) is 60.7 Å². The molecule has 5 N–H and O–H groups in total. The van der Waals surface area contributed by atoms with Crippen LogP contribution < -0.4 is 21.1 Å². The Balaban J connectivity index is 2.09. The molecule has 0 spiro atoms. The lowest BCUT2D eigenvalue weighted by atomic mass is 9.99. The number of hydrogen-bond donors (Lipinski definition) is 4. The van der Waals surface area contributed by atoms with Crippen molar-refractivity contribution in [1.82, 2.24) is 15.5 Å². The molecule has 4 amide bonds. The number of alkyl carbamates (subject to hydrolysis) is 1. The predicted molar refractivity (Wildman–Crippen MR) is 201 cm³/mol. The van der Waals surface area contributed by atoms with Crippen molar-refractivity contribution in [3.63, 3.8) is 0 Å². The minimum Gasteiger partial charge on any atom is -0.508 e. The van der Waals surface area contributed by atoms with Gasteiger partial charge in [-0.2, -0.15) is 11.8 Å². The Hall–Kier alpha value is -4.88. The van der Waals surface area contributed by atoms with E-state index in [0.29, 0.717) is 42.0 Å². The van der Waals surface area contributed by atoms with Crippen molar-refractivity contribution in [3.05, 3.63) is 96.1 Å². The predicted octanol–water partition coefficient (Wildman–Crippen LogP) is 4.77. The van der Waals surface area contributed by atoms with Crippen LogP contribution in [0, 0.1) is 0 Å². The number of amides is 4. The molecule has 0 aliphatic carbocycles. The lowest BCUT2D eigenvalue weighted by Gasteiger charge is -2.34. The highest BCUT2D eigenvalue weighted by atomic mass is 32.2. The van der Waals surface area contributed by atoms with Crippen molar-refractivity contribution in [2.45, 2.75) is 83.0 Å². The number of nitrogens with zero attached hydrogens (tertiary/aromatic N) is 1. The molecular formula is C39H50N4O8S. The number of phenolic OH excluding ortho intramolecular Hbond substituents is 1. The van der Waals surface area contributed by atoms with Crippen LogP contribution in [0.4, 0.5) is 4.79 Å². The molecule has 0 saturated carbocycles. The molecule has 3 aromatic carbocycles. The summed E-state index contributed by atoms with van der Waals surface area (Å²) in [6, 6.07) is 19.5. The van der Waals surface area contributed by atoms with Crippen LogP contribution in [0.15, 0.2) is 84.9 Å². The molecular weight excluding hydrogens is 685 g/mol. The van der Waals surface area contributed by atoms with Crippen molar-refractivity contribution in [1.29, 1.82) is 0 Å². The molecule has 12 nitrogen and oxygen atoms in total. The van der Waals surface area contributed by atoms with Crippen LogP contribution in [-0.2, 0) is 36.8 Å². The Labute approximate surface area is 309 Å². The number of carbonyl (C=O) groups is 5. The van der Waals surface area contributed by atoms with Gasteiger partial charge in [-0.25, -0.2) is 9.59 Å². The molecule has 52 heavy (non-hydrogen) atoms. The van der Waals surface area contributed by atoms with E-state index in [2.05, 4.69) is 10.6 Å². The minimum absolute atomic E-state index is 0.00449. The number of nitrogens with two attached hydrogens (primary N) is 1. The van der Waals surface area contributed by atoms with Gasteiger partial charge >= 0.3 is 12.1 Å². The van der Waals surface area contributed by atoms with Gasteiger partial charge in [0.1, 0.15) is 35.2 Å². The number of para-hydroxylation sites is 1. The lowest BCUT2D eigenvalue weighted by molar-refractivity contribution is -0.154. The van der Waals surface area contributed by atoms with Crippen LogP contribution in [0.2, 0.25) is 0 Å². The number of phenols is 1. The Bertz CT molecular complexity index is 1600. The third-order valence-electron chi connectivity index (χ3n) is 7.78. The molecule has 0 aliphatic heterocycles. The monoisotopic (exact) mass is 734 g/mol. The summed E-state index contributed by atoms with van der Waals surface area (Å²) in [4.78, 5) is 70.8. The van der Waals surface area contributed by atoms with Crippen LogP contribution in [0.5, 0.6) is 11.5 Å². The molecule has 13 heteroatoms. The quantitative estimate of drug-likeness (QED) is 0.0809. The Morgan fingerprint density at radius 1 is 0.827 bits per heavy atom. The smallest absolute Gasteiger partial charge is 0.408 e. The van der Waals surface area contributed by atoms with E-state index in [-0.39, 0.29) is 31.4 Å². The molecule has 0 bridgehead atoms. The van der Waals surface area contributed by atoms with Crippen molar-refractivity contribution < 1.29 is 38.6 Å². The van der Waals surface area contributed by atoms with E-state index in [1.54, 1.807) is 93.6 Å². The zero-order valence-electron chi connectivity index (χ0n) is 30.2. The first kappa shape index (κ1) is 41.5. The maximum Gasteiger partial charge on any atom is 0.408 e. The largest absolute Gasteiger partial charge is 0.508 e. The molecule has 0 aromatic heterocycles. The molecule has 3 rings (SSSR count). The zero-order valence-corrected chi connectivity index (χ0v) is 31.0. The number of nitrogens with one attached hydrogen (secondary N) is 2. The first-order chi connectivity index (χ1) is 24.8. The zero-order chi connectivity index (χ0) is 38.1. The van der Waals surface area contributed by atoms with Gasteiger partial charge < -0.3 is 30.9 Å². The third-order valence-corrected chi connectivity index (χ3v) is 8.42. The van der Waals surface area contributed by atoms with Gasteiger partial charge in [-0.05, 0) is 94.0 Å². The summed E-state index contributed by atoms with van der Waals surface area (Å²) in [6.45, 7) is 5.34. The molecule has 0 unspecified atom stereocenters. The highest BCUT2D eigenvalue weighted by Crippen LogP contribution is 2.20. The standard InChI is InChI=1S/C39H50N4O8S/c1-39(2,3)51-38(49)42-32(25-28-18-20-29(44)21-19-28)36(47)43(34(45)17-11-12-23-40)33(26-27-13-7-5-8-14-27)35(46)41-31(22-24-52-4)37(48)50-30-15-9-6-10-16-30/h5-10,13-16,18-21,31-33,44H,11-12,17,22-26,40H2,1-4H3,(H,41,46)(H,42,49)/t31-,32-,33-/m0/s1. The van der Waals surface area contributed by atoms with Crippen LogP contribution in [0.1, 0.15) is 57.6 Å². The van der Waals surface area contributed by atoms with Crippen LogP contribution in [0.3, 0.4) is 0 Å². The van der Waals surface area contributed by atoms with Crippen LogP contribution in [-0.4, -0.2) is 82.1 Å². The number of esters is 1. The molecule has 0 aliphatic rings. The number of carbonyl (C=O) groups excluding carboxylic acids is 5. The number of unbranched alkanes of at least 4 members (excludes halogenated alkanes) is 1. The van der Waals surface area contributed by atoms with Crippen molar-refractivity contribution in [2.24, 2.45) is 5.73 Å². The average Bonchev–Trinajstić information content (AvgIpc) is 3.10. The van der Waals surface area contributed by atoms with Gasteiger partial charge in [0, 0.05) is 19.3 Å². The number of rotatable bonds is 18. The summed E-state index contributed by atoms with van der Waals surface area (Å²) in [6.07, 6.45) is 1.76. The van der Waals surface area contributed by atoms with E-state index in [4.69, 9.17) is 15.2 Å². The fourth-order valence-corrected chi connectivity index (χ4v) is 5.72. The summed E-state index contributed by atoms with van der Waals surface area (Å²) in [5.74, 6) is -2.13. The van der Waals surface area contributed by atoms with E-state index < -0.39 is 53.5 Å². The fraction of sp³-hybridized carbons (Fsp3) is 0.410. The third kappa shape index (κ3) is 14.0. The van der Waals surface area contributed by atoms with Gasteiger partial charge in [0.2, 0.25) is 11.8 Å². The molecule has 0 radical (unpaired) electrons. The summed E-state index contributed by atoms with van der Waals surface area (Å²) >= 11 is 1.48. The summed E-state index contributed by atoms with van der Waals surface area (Å²) in [5.41, 5.74) is 6.02. The Morgan fingerprint density at radius 3 is 2.04 bits per heavy atom. The summed E-state index contributed by atoms with van der Waals surface area (Å²) < 4.78 is 11.1. The normalized spacial score (nSPS) is 12.9. The van der Waals surface area contributed by atoms with Gasteiger partial charge in [0.15, 0.2) is 0 Å². The second-order valence-corrected chi connectivity index (χ2v) is 14.2. The van der Waals surface area contributed by atoms with Gasteiger partial charge in [-0.3, -0.25) is 19.3 Å². The van der Waals surface area contributed by atoms with E-state index in [0.717, 1.165) is 4.90 Å². The van der Waals surface area contributed by atoms with Gasteiger partial charge in [-0.15, -0.1) is 0 Å². The maximum atomic E-state index is 14.7. The summed E-state index contributed by atoms with van der Waals surface area (Å²) in [5, 5.41) is 15.3. The highest BCUT2D eigenvalue weighted by molar-refractivity contribution is 7.98. The van der Waals surface area contributed by atoms with Crippen molar-refractivity contribution >= 4 is 41.5 Å². The molecule has 3 aromatic rings. The highest BCUT2D eigenvalue weighted by Gasteiger charge is 2.40. The number of imide groups is 1. The molecule has 0 saturated heterocycles. The topological polar surface area (TPSA) is 177 Å². The molecule has 0 fully saturated rings. The second kappa shape index (κ2) is 20.8.